The van der Waals surface area contributed by atoms with Gasteiger partial charge in [-0.2, -0.15) is 4.57 Å². The zero-order valence-electron chi connectivity index (χ0n) is 15.7. The van der Waals surface area contributed by atoms with Crippen LogP contribution in [0.1, 0.15) is 5.56 Å². The van der Waals surface area contributed by atoms with Crippen LogP contribution in [-0.2, 0) is 0 Å². The van der Waals surface area contributed by atoms with E-state index in [0.717, 1.165) is 38.8 Å². The molecular formula is C23H19N4S+. The SMILES string of the molecule is CSc1nn2c(-c3ccccc3)nc3ccccc3c2[n+]1-c1ccc(C)cc1. The predicted octanol–water partition coefficient (Wildman–Crippen LogP) is 4.86. The highest BCUT2D eigenvalue weighted by Crippen LogP contribution is 2.26. The van der Waals surface area contributed by atoms with Crippen molar-refractivity contribution < 1.29 is 4.57 Å². The first-order valence-electron chi connectivity index (χ1n) is 9.16. The minimum Gasteiger partial charge on any atom is -0.213 e. The van der Waals surface area contributed by atoms with Crippen molar-refractivity contribution in [3.05, 3.63) is 84.4 Å². The summed E-state index contributed by atoms with van der Waals surface area (Å²) in [4.78, 5) is 4.95. The lowest BCUT2D eigenvalue weighted by atomic mass is 10.2. The number of hydrogen-bond acceptors (Lipinski definition) is 3. The number of benzene rings is 3. The minimum atomic E-state index is 0.843. The second-order valence-corrected chi connectivity index (χ2v) is 7.49. The summed E-state index contributed by atoms with van der Waals surface area (Å²) in [6.07, 6.45) is 2.06. The van der Waals surface area contributed by atoms with Crippen LogP contribution in [0.25, 0.3) is 33.6 Å². The Kier molecular flexibility index (Phi) is 4.10. The lowest BCUT2D eigenvalue weighted by Gasteiger charge is -2.05. The maximum absolute atomic E-state index is 4.95. The summed E-state index contributed by atoms with van der Waals surface area (Å²) in [6, 6.07) is 27.1. The molecule has 2 heterocycles. The number of thioether (sulfide) groups is 1. The smallest absolute Gasteiger partial charge is 0.213 e. The lowest BCUT2D eigenvalue weighted by molar-refractivity contribution is -0.609. The van der Waals surface area contributed by atoms with Crippen LogP contribution in [0.3, 0.4) is 0 Å². The number of aromatic nitrogens is 4. The molecule has 5 aromatic rings. The van der Waals surface area contributed by atoms with Crippen LogP contribution in [0, 0.1) is 6.92 Å². The van der Waals surface area contributed by atoms with E-state index in [9.17, 15) is 0 Å². The zero-order chi connectivity index (χ0) is 19.1. The first-order valence-corrected chi connectivity index (χ1v) is 10.4. The normalized spacial score (nSPS) is 11.4. The molecule has 0 radical (unpaired) electrons. The molecule has 28 heavy (non-hydrogen) atoms. The Bertz CT molecular complexity index is 1290. The highest BCUT2D eigenvalue weighted by Gasteiger charge is 2.27. The molecular weight excluding hydrogens is 364 g/mol. The zero-order valence-corrected chi connectivity index (χ0v) is 16.5. The summed E-state index contributed by atoms with van der Waals surface area (Å²) in [5, 5.41) is 6.95. The van der Waals surface area contributed by atoms with Crippen molar-refractivity contribution >= 4 is 28.3 Å². The van der Waals surface area contributed by atoms with Crippen molar-refractivity contribution in [3.8, 4) is 17.1 Å². The molecule has 0 saturated heterocycles. The third kappa shape index (κ3) is 2.67. The molecule has 0 spiro atoms. The van der Waals surface area contributed by atoms with Gasteiger partial charge in [0.05, 0.1) is 16.0 Å². The Labute approximate surface area is 167 Å². The van der Waals surface area contributed by atoms with Crippen LogP contribution in [0.15, 0.2) is 84.0 Å². The van der Waals surface area contributed by atoms with Crippen LogP contribution >= 0.6 is 11.8 Å². The molecule has 4 nitrogen and oxygen atoms in total. The second kappa shape index (κ2) is 6.77. The van der Waals surface area contributed by atoms with Crippen molar-refractivity contribution in [2.24, 2.45) is 0 Å². The van der Waals surface area contributed by atoms with Gasteiger partial charge in [0.2, 0.25) is 5.82 Å². The van der Waals surface area contributed by atoms with E-state index >= 15 is 0 Å². The van der Waals surface area contributed by atoms with Crippen molar-refractivity contribution in [1.82, 2.24) is 14.6 Å². The Morgan fingerprint density at radius 3 is 2.32 bits per heavy atom. The Morgan fingerprint density at radius 2 is 1.57 bits per heavy atom. The molecule has 0 bridgehead atoms. The molecule has 0 unspecified atom stereocenters. The van der Waals surface area contributed by atoms with E-state index in [1.807, 2.05) is 28.8 Å². The van der Waals surface area contributed by atoms with Gasteiger partial charge in [-0.05, 0) is 49.6 Å². The van der Waals surface area contributed by atoms with Crippen molar-refractivity contribution in [1.29, 1.82) is 0 Å². The molecule has 5 rings (SSSR count). The van der Waals surface area contributed by atoms with E-state index in [4.69, 9.17) is 10.1 Å². The first-order chi connectivity index (χ1) is 13.8. The molecule has 5 heteroatoms. The third-order valence-corrected chi connectivity index (χ3v) is 5.50. The van der Waals surface area contributed by atoms with E-state index < -0.39 is 0 Å². The summed E-state index contributed by atoms with van der Waals surface area (Å²) < 4.78 is 4.20. The van der Waals surface area contributed by atoms with Gasteiger partial charge in [-0.25, -0.2) is 4.98 Å². The molecule has 0 N–H and O–H groups in total. The van der Waals surface area contributed by atoms with E-state index in [2.05, 4.69) is 72.3 Å². The Morgan fingerprint density at radius 1 is 0.857 bits per heavy atom. The van der Waals surface area contributed by atoms with Gasteiger partial charge in [0.25, 0.3) is 5.65 Å². The Hall–Kier alpha value is -3.18. The Balaban J connectivity index is 1.95. The molecule has 0 aliphatic carbocycles. The van der Waals surface area contributed by atoms with Gasteiger partial charge in [0.1, 0.15) is 5.69 Å². The molecule has 2 aromatic heterocycles. The van der Waals surface area contributed by atoms with Crippen molar-refractivity contribution in [2.75, 3.05) is 6.26 Å². The summed E-state index contributed by atoms with van der Waals surface area (Å²) in [5.41, 5.74) is 5.37. The average Bonchev–Trinajstić information content (AvgIpc) is 3.14. The van der Waals surface area contributed by atoms with Gasteiger partial charge >= 0.3 is 5.16 Å². The highest BCUT2D eigenvalue weighted by molar-refractivity contribution is 7.98. The number of rotatable bonds is 3. The van der Waals surface area contributed by atoms with Gasteiger partial charge in [-0.3, -0.25) is 0 Å². The van der Waals surface area contributed by atoms with Crippen LogP contribution in [0.5, 0.6) is 0 Å². The van der Waals surface area contributed by atoms with E-state index in [0.29, 0.717) is 0 Å². The molecule has 0 saturated carbocycles. The summed E-state index contributed by atoms with van der Waals surface area (Å²) in [7, 11) is 0. The molecule has 3 aromatic carbocycles. The van der Waals surface area contributed by atoms with E-state index in [-0.39, 0.29) is 0 Å². The predicted molar refractivity (Wildman–Crippen MR) is 114 cm³/mol. The highest BCUT2D eigenvalue weighted by atomic mass is 32.2. The van der Waals surface area contributed by atoms with Gasteiger partial charge in [0, 0.05) is 5.56 Å². The summed E-state index contributed by atoms with van der Waals surface area (Å²) >= 11 is 1.64. The van der Waals surface area contributed by atoms with Crippen LogP contribution in [0.4, 0.5) is 0 Å². The van der Waals surface area contributed by atoms with Crippen LogP contribution in [-0.4, -0.2) is 20.9 Å². The lowest BCUT2D eigenvalue weighted by Crippen LogP contribution is -2.32. The fourth-order valence-corrected chi connectivity index (χ4v) is 4.04. The molecule has 0 aliphatic heterocycles. The van der Waals surface area contributed by atoms with Crippen LogP contribution in [0.2, 0.25) is 0 Å². The van der Waals surface area contributed by atoms with Gasteiger partial charge in [0.15, 0.2) is 0 Å². The maximum atomic E-state index is 4.95. The van der Waals surface area contributed by atoms with Gasteiger partial charge in [-0.15, -0.1) is 0 Å². The number of hydrogen-bond donors (Lipinski definition) is 0. The van der Waals surface area contributed by atoms with Gasteiger partial charge < -0.3 is 0 Å². The largest absolute Gasteiger partial charge is 0.342 e. The molecule has 136 valence electrons. The first kappa shape index (κ1) is 17.0. The number of nitrogens with zero attached hydrogens (tertiary/aromatic N) is 4. The molecule has 0 atom stereocenters. The number of fused-ring (bicyclic) bond motifs is 3. The minimum absolute atomic E-state index is 0.843. The monoisotopic (exact) mass is 383 g/mol. The number of aryl methyl sites for hydroxylation is 1. The second-order valence-electron chi connectivity index (χ2n) is 6.71. The fraction of sp³-hybridized carbons (Fsp3) is 0.0870. The fourth-order valence-electron chi connectivity index (χ4n) is 3.50. The molecule has 0 fully saturated rings. The molecule has 0 amide bonds. The van der Waals surface area contributed by atoms with Gasteiger partial charge in [-0.1, -0.05) is 64.3 Å². The average molecular weight is 384 g/mol. The quantitative estimate of drug-likeness (QED) is 0.330. The third-order valence-electron chi connectivity index (χ3n) is 4.87. The molecule has 0 aliphatic rings. The summed E-state index contributed by atoms with van der Waals surface area (Å²) in [5.74, 6) is 0.843. The standard InChI is InChI=1S/C23H19N4S/c1-16-12-14-18(15-13-16)26-22-19-10-6-7-11-20(19)24-21(17-8-4-3-5-9-17)27(22)25-23(26)28-2/h3-15H,1-2H3/q+1. The maximum Gasteiger partial charge on any atom is 0.342 e. The topological polar surface area (TPSA) is 34.1 Å². The van der Waals surface area contributed by atoms with Crippen LogP contribution < -0.4 is 4.57 Å². The number of para-hydroxylation sites is 1. The van der Waals surface area contributed by atoms with Crippen molar-refractivity contribution in [2.45, 2.75) is 12.1 Å². The summed E-state index contributed by atoms with van der Waals surface area (Å²) in [6.45, 7) is 2.10. The van der Waals surface area contributed by atoms with Crippen molar-refractivity contribution in [3.63, 3.8) is 0 Å². The van der Waals surface area contributed by atoms with E-state index in [1.165, 1.54) is 5.56 Å². The van der Waals surface area contributed by atoms with E-state index in [1.54, 1.807) is 11.8 Å².